The largest absolute Gasteiger partial charge is 0.326 e. The third-order valence-electron chi connectivity index (χ3n) is 4.03. The van der Waals surface area contributed by atoms with Crippen molar-refractivity contribution in [3.63, 3.8) is 0 Å². The standard InChI is InChI=1S/C21H16Cl2FN3O2/c1-13(28)27(19-11-15(24)6-7-18(19)23)20-12-16(8-9-25-20)26-21(29)10-14-4-2-3-5-17(14)22/h2-9,11-12H,10H2,1H3,(H,25,26,29). The first-order chi connectivity index (χ1) is 13.8. The molecule has 0 atom stereocenters. The second-order valence-corrected chi connectivity index (χ2v) is 6.98. The van der Waals surface area contributed by atoms with E-state index in [9.17, 15) is 14.0 Å². The number of aromatic nitrogens is 1. The molecule has 1 N–H and O–H groups in total. The van der Waals surface area contributed by atoms with Crippen molar-refractivity contribution in [1.82, 2.24) is 4.98 Å². The Bertz CT molecular complexity index is 1080. The van der Waals surface area contributed by atoms with Crippen molar-refractivity contribution in [3.05, 3.63) is 82.2 Å². The van der Waals surface area contributed by atoms with Crippen molar-refractivity contribution in [2.45, 2.75) is 13.3 Å². The van der Waals surface area contributed by atoms with Gasteiger partial charge in [0.2, 0.25) is 11.8 Å². The van der Waals surface area contributed by atoms with Gasteiger partial charge in [0.15, 0.2) is 0 Å². The van der Waals surface area contributed by atoms with Crippen LogP contribution in [0.3, 0.4) is 0 Å². The second-order valence-electron chi connectivity index (χ2n) is 6.17. The lowest BCUT2D eigenvalue weighted by Gasteiger charge is -2.22. The van der Waals surface area contributed by atoms with Crippen molar-refractivity contribution in [2.75, 3.05) is 10.2 Å². The zero-order chi connectivity index (χ0) is 21.0. The fourth-order valence-electron chi connectivity index (χ4n) is 2.75. The lowest BCUT2D eigenvalue weighted by atomic mass is 10.1. The van der Waals surface area contributed by atoms with Crippen LogP contribution in [0.1, 0.15) is 12.5 Å². The van der Waals surface area contributed by atoms with Gasteiger partial charge in [0.1, 0.15) is 11.6 Å². The van der Waals surface area contributed by atoms with E-state index in [1.165, 1.54) is 36.2 Å². The quantitative estimate of drug-likeness (QED) is 0.588. The van der Waals surface area contributed by atoms with Crippen molar-refractivity contribution in [2.24, 2.45) is 0 Å². The molecule has 5 nitrogen and oxygen atoms in total. The summed E-state index contributed by atoms with van der Waals surface area (Å²) in [5, 5.41) is 3.44. The van der Waals surface area contributed by atoms with Gasteiger partial charge in [0, 0.05) is 29.9 Å². The summed E-state index contributed by atoms with van der Waals surface area (Å²) < 4.78 is 13.7. The van der Waals surface area contributed by atoms with Gasteiger partial charge in [-0.1, -0.05) is 41.4 Å². The smallest absolute Gasteiger partial charge is 0.229 e. The van der Waals surface area contributed by atoms with Crippen LogP contribution < -0.4 is 10.2 Å². The molecule has 0 saturated heterocycles. The summed E-state index contributed by atoms with van der Waals surface area (Å²) in [6.07, 6.45) is 1.52. The molecular weight excluding hydrogens is 416 g/mol. The van der Waals surface area contributed by atoms with E-state index in [0.717, 1.165) is 6.07 Å². The van der Waals surface area contributed by atoms with Crippen molar-refractivity contribution in [1.29, 1.82) is 0 Å². The van der Waals surface area contributed by atoms with Gasteiger partial charge in [-0.25, -0.2) is 9.37 Å². The van der Waals surface area contributed by atoms with Crippen molar-refractivity contribution >= 4 is 52.2 Å². The van der Waals surface area contributed by atoms with E-state index in [1.54, 1.807) is 30.3 Å². The Hall–Kier alpha value is -2.96. The van der Waals surface area contributed by atoms with Crippen LogP contribution in [0, 0.1) is 5.82 Å². The van der Waals surface area contributed by atoms with Gasteiger partial charge < -0.3 is 5.32 Å². The Morgan fingerprint density at radius 3 is 2.55 bits per heavy atom. The molecule has 0 radical (unpaired) electrons. The molecule has 148 valence electrons. The maximum absolute atomic E-state index is 13.7. The predicted molar refractivity (Wildman–Crippen MR) is 112 cm³/mol. The Morgan fingerprint density at radius 1 is 1.07 bits per heavy atom. The van der Waals surface area contributed by atoms with E-state index in [1.807, 2.05) is 0 Å². The number of hydrogen-bond acceptors (Lipinski definition) is 3. The van der Waals surface area contributed by atoms with Crippen LogP contribution >= 0.6 is 23.2 Å². The van der Waals surface area contributed by atoms with Crippen LogP contribution in [-0.2, 0) is 16.0 Å². The van der Waals surface area contributed by atoms with Crippen LogP contribution in [0.4, 0.5) is 21.6 Å². The second kappa shape index (κ2) is 9.03. The van der Waals surface area contributed by atoms with Crippen molar-refractivity contribution < 1.29 is 14.0 Å². The molecule has 0 saturated carbocycles. The molecule has 0 aliphatic heterocycles. The summed E-state index contributed by atoms with van der Waals surface area (Å²) in [5.41, 5.74) is 1.27. The highest BCUT2D eigenvalue weighted by Crippen LogP contribution is 2.32. The summed E-state index contributed by atoms with van der Waals surface area (Å²) >= 11 is 12.2. The first-order valence-corrected chi connectivity index (χ1v) is 9.36. The predicted octanol–water partition coefficient (Wildman–Crippen LogP) is 5.39. The SMILES string of the molecule is CC(=O)N(c1cc(NC(=O)Cc2ccccc2Cl)ccn1)c1cc(F)ccc1Cl. The number of carbonyl (C=O) groups is 2. The minimum absolute atomic E-state index is 0.0868. The number of nitrogens with one attached hydrogen (secondary N) is 1. The molecule has 3 rings (SSSR count). The van der Waals surface area contributed by atoms with Gasteiger partial charge in [-0.05, 0) is 35.9 Å². The lowest BCUT2D eigenvalue weighted by Crippen LogP contribution is -2.24. The molecule has 2 aromatic carbocycles. The van der Waals surface area contributed by atoms with E-state index in [-0.39, 0.29) is 28.9 Å². The summed E-state index contributed by atoms with van der Waals surface area (Å²) in [6.45, 7) is 1.31. The topological polar surface area (TPSA) is 62.3 Å². The highest BCUT2D eigenvalue weighted by Gasteiger charge is 2.20. The fraction of sp³-hybridized carbons (Fsp3) is 0.0952. The zero-order valence-electron chi connectivity index (χ0n) is 15.3. The molecule has 2 amide bonds. The summed E-state index contributed by atoms with van der Waals surface area (Å²) in [6, 6.07) is 13.9. The third-order valence-corrected chi connectivity index (χ3v) is 4.72. The first kappa shape index (κ1) is 20.8. The fourth-order valence-corrected chi connectivity index (χ4v) is 3.15. The molecule has 0 bridgehead atoms. The normalized spacial score (nSPS) is 10.5. The van der Waals surface area contributed by atoms with Crippen molar-refractivity contribution in [3.8, 4) is 0 Å². The molecule has 1 aromatic heterocycles. The number of rotatable bonds is 5. The Kier molecular flexibility index (Phi) is 6.46. The van der Waals surface area contributed by atoms with Crippen LogP contribution in [0.2, 0.25) is 10.0 Å². The molecule has 0 spiro atoms. The number of halogens is 3. The van der Waals surface area contributed by atoms with Crippen LogP contribution in [0.5, 0.6) is 0 Å². The monoisotopic (exact) mass is 431 g/mol. The minimum Gasteiger partial charge on any atom is -0.326 e. The summed E-state index contributed by atoms with van der Waals surface area (Å²) in [5.74, 6) is -1.04. The Balaban J connectivity index is 1.85. The Labute approximate surface area is 177 Å². The molecule has 0 aliphatic rings. The molecule has 1 heterocycles. The molecule has 29 heavy (non-hydrogen) atoms. The van der Waals surface area contributed by atoms with E-state index in [0.29, 0.717) is 16.3 Å². The van der Waals surface area contributed by atoms with E-state index >= 15 is 0 Å². The summed E-state index contributed by atoms with van der Waals surface area (Å²) in [7, 11) is 0. The van der Waals surface area contributed by atoms with Gasteiger partial charge in [0.05, 0.1) is 17.1 Å². The molecule has 8 heteroatoms. The number of benzene rings is 2. The van der Waals surface area contributed by atoms with E-state index in [2.05, 4.69) is 10.3 Å². The number of hydrogen-bond donors (Lipinski definition) is 1. The number of carbonyl (C=O) groups excluding carboxylic acids is 2. The molecule has 3 aromatic rings. The zero-order valence-corrected chi connectivity index (χ0v) is 16.8. The van der Waals surface area contributed by atoms with Gasteiger partial charge >= 0.3 is 0 Å². The lowest BCUT2D eigenvalue weighted by molar-refractivity contribution is -0.116. The maximum Gasteiger partial charge on any atom is 0.229 e. The van der Waals surface area contributed by atoms with Crippen LogP contribution in [0.15, 0.2) is 60.8 Å². The number of nitrogens with zero attached hydrogens (tertiary/aromatic N) is 2. The summed E-state index contributed by atoms with van der Waals surface area (Å²) in [4.78, 5) is 29.9. The Morgan fingerprint density at radius 2 is 1.83 bits per heavy atom. The highest BCUT2D eigenvalue weighted by atomic mass is 35.5. The van der Waals surface area contributed by atoms with Gasteiger partial charge in [0.25, 0.3) is 0 Å². The first-order valence-electron chi connectivity index (χ1n) is 8.60. The average molecular weight is 432 g/mol. The van der Waals surface area contributed by atoms with Gasteiger partial charge in [-0.2, -0.15) is 0 Å². The van der Waals surface area contributed by atoms with Gasteiger partial charge in [-0.3, -0.25) is 14.5 Å². The average Bonchev–Trinajstić information content (AvgIpc) is 2.66. The molecule has 0 unspecified atom stereocenters. The van der Waals surface area contributed by atoms with Crippen LogP contribution in [-0.4, -0.2) is 16.8 Å². The molecular formula is C21H16Cl2FN3O2. The highest BCUT2D eigenvalue weighted by molar-refractivity contribution is 6.34. The number of pyridine rings is 1. The molecule has 0 aliphatic carbocycles. The van der Waals surface area contributed by atoms with Crippen LogP contribution in [0.25, 0.3) is 0 Å². The maximum atomic E-state index is 13.7. The number of anilines is 3. The molecule has 0 fully saturated rings. The third kappa shape index (κ3) is 5.10. The van der Waals surface area contributed by atoms with E-state index < -0.39 is 11.7 Å². The number of amides is 2. The minimum atomic E-state index is -0.542. The van der Waals surface area contributed by atoms with Gasteiger partial charge in [-0.15, -0.1) is 0 Å². The van der Waals surface area contributed by atoms with E-state index in [4.69, 9.17) is 23.2 Å².